The van der Waals surface area contributed by atoms with Crippen molar-refractivity contribution in [3.05, 3.63) is 83.2 Å². The molecule has 0 spiro atoms. The summed E-state index contributed by atoms with van der Waals surface area (Å²) in [5.41, 5.74) is 1.87. The summed E-state index contributed by atoms with van der Waals surface area (Å²) < 4.78 is 3.41. The van der Waals surface area contributed by atoms with Gasteiger partial charge in [0.2, 0.25) is 11.7 Å². The fourth-order valence-electron chi connectivity index (χ4n) is 4.57. The van der Waals surface area contributed by atoms with E-state index in [1.807, 2.05) is 35.6 Å². The average Bonchev–Trinajstić information content (AvgIpc) is 3.49. The van der Waals surface area contributed by atoms with Crippen LogP contribution in [0.4, 0.5) is 0 Å². The smallest absolute Gasteiger partial charge is 0.263 e. The molecule has 1 N–H and O–H groups in total. The van der Waals surface area contributed by atoms with E-state index in [-0.39, 0.29) is 22.8 Å². The largest absolute Gasteiger partial charge is 0.351 e. The number of carbonyl (C=O) groups excluding carboxylic acids is 1. The Bertz CT molecular complexity index is 1430. The molecule has 0 radical (unpaired) electrons. The van der Waals surface area contributed by atoms with Gasteiger partial charge in [-0.3, -0.25) is 23.5 Å². The Kier molecular flexibility index (Phi) is 6.70. The number of thioether (sulfide) groups is 1. The third kappa shape index (κ3) is 4.74. The predicted octanol–water partition coefficient (Wildman–Crippen LogP) is 3.10. The van der Waals surface area contributed by atoms with Crippen molar-refractivity contribution in [1.82, 2.24) is 29.4 Å². The summed E-state index contributed by atoms with van der Waals surface area (Å²) in [7, 11) is 0. The van der Waals surface area contributed by atoms with Crippen molar-refractivity contribution >= 4 is 34.3 Å². The van der Waals surface area contributed by atoms with Crippen LogP contribution in [0, 0.1) is 0 Å². The number of rotatable bonds is 8. The third-order valence-corrected chi connectivity index (χ3v) is 7.35. The molecule has 4 aromatic rings. The van der Waals surface area contributed by atoms with Crippen LogP contribution in [-0.4, -0.2) is 54.4 Å². The van der Waals surface area contributed by atoms with Gasteiger partial charge in [0.15, 0.2) is 5.16 Å². The molecule has 0 saturated carbocycles. The summed E-state index contributed by atoms with van der Waals surface area (Å²) >= 11 is 1.34. The summed E-state index contributed by atoms with van der Waals surface area (Å²) in [5.74, 6) is 0.415. The number of nitrogens with one attached hydrogen (secondary N) is 1. The van der Waals surface area contributed by atoms with Crippen molar-refractivity contribution in [1.29, 1.82) is 0 Å². The fourth-order valence-corrected chi connectivity index (χ4v) is 5.43. The van der Waals surface area contributed by atoms with Crippen LogP contribution in [0.1, 0.15) is 18.9 Å². The molecule has 2 aromatic carbocycles. The lowest BCUT2D eigenvalue weighted by molar-refractivity contribution is -0.120. The first-order valence-electron chi connectivity index (χ1n) is 11.8. The van der Waals surface area contributed by atoms with Crippen LogP contribution in [-0.2, 0) is 17.9 Å². The van der Waals surface area contributed by atoms with Crippen molar-refractivity contribution in [3.8, 4) is 0 Å². The van der Waals surface area contributed by atoms with Crippen LogP contribution in [0.5, 0.6) is 0 Å². The summed E-state index contributed by atoms with van der Waals surface area (Å²) in [6.45, 7) is 8.65. The Hall–Kier alpha value is -3.43. The van der Waals surface area contributed by atoms with Crippen molar-refractivity contribution < 1.29 is 4.79 Å². The number of para-hydroxylation sites is 1. The number of nitrogens with zero attached hydrogens (tertiary/aromatic N) is 5. The van der Waals surface area contributed by atoms with Crippen molar-refractivity contribution in [3.63, 3.8) is 0 Å². The highest BCUT2D eigenvalue weighted by Crippen LogP contribution is 2.25. The zero-order valence-electron chi connectivity index (χ0n) is 19.6. The lowest BCUT2D eigenvalue weighted by Crippen LogP contribution is -2.40. The zero-order valence-corrected chi connectivity index (χ0v) is 20.4. The molecule has 2 unspecified atom stereocenters. The van der Waals surface area contributed by atoms with E-state index in [4.69, 9.17) is 0 Å². The first kappa shape index (κ1) is 23.3. The first-order valence-corrected chi connectivity index (χ1v) is 12.6. The van der Waals surface area contributed by atoms with Crippen LogP contribution < -0.4 is 10.9 Å². The molecule has 5 rings (SSSR count). The number of hydrogen-bond donors (Lipinski definition) is 1. The molecule has 1 amide bonds. The maximum absolute atomic E-state index is 13.0. The minimum atomic E-state index is -0.371. The second kappa shape index (κ2) is 10.1. The molecule has 180 valence electrons. The molecule has 2 aromatic heterocycles. The summed E-state index contributed by atoms with van der Waals surface area (Å²) in [6, 6.07) is 17.9. The van der Waals surface area contributed by atoms with Gasteiger partial charge in [0.05, 0.1) is 16.2 Å². The van der Waals surface area contributed by atoms with Crippen LogP contribution >= 0.6 is 11.8 Å². The molecule has 1 aliphatic rings. The highest BCUT2D eigenvalue weighted by molar-refractivity contribution is 8.00. The van der Waals surface area contributed by atoms with Gasteiger partial charge >= 0.3 is 0 Å². The number of carbonyl (C=O) groups is 1. The normalized spacial score (nSPS) is 17.1. The van der Waals surface area contributed by atoms with E-state index in [0.717, 1.165) is 31.6 Å². The predicted molar refractivity (Wildman–Crippen MR) is 139 cm³/mol. The quantitative estimate of drug-likeness (QED) is 0.303. The van der Waals surface area contributed by atoms with E-state index < -0.39 is 0 Å². The standard InChI is InChI=1S/C26H28N6O2S/c1-3-14-31-24(34)21-11-7-8-12-22(21)32-25(31)28-29-26(32)35-18(2)23(33)27-20-13-15-30(17-20)16-19-9-5-4-6-10-19/h3-12,18,20H,1,13-17H2,2H3,(H,27,33). The zero-order chi connectivity index (χ0) is 24.4. The molecule has 1 saturated heterocycles. The van der Waals surface area contributed by atoms with Gasteiger partial charge < -0.3 is 5.32 Å². The molecule has 1 aliphatic heterocycles. The molecule has 9 heteroatoms. The van der Waals surface area contributed by atoms with Crippen LogP contribution in [0.3, 0.4) is 0 Å². The van der Waals surface area contributed by atoms with E-state index >= 15 is 0 Å². The Balaban J connectivity index is 1.31. The van der Waals surface area contributed by atoms with E-state index in [9.17, 15) is 9.59 Å². The summed E-state index contributed by atoms with van der Waals surface area (Å²) in [6.07, 6.45) is 2.60. The van der Waals surface area contributed by atoms with Gasteiger partial charge in [-0.05, 0) is 31.0 Å². The van der Waals surface area contributed by atoms with Crippen LogP contribution in [0.15, 0.2) is 77.2 Å². The number of amides is 1. The van der Waals surface area contributed by atoms with Gasteiger partial charge in [-0.2, -0.15) is 0 Å². The SMILES string of the molecule is C=CCn1c(=O)c2ccccc2n2c(SC(C)C(=O)NC3CCN(Cc4ccccc4)C3)nnc12. The number of likely N-dealkylation sites (tertiary alicyclic amines) is 1. The fraction of sp³-hybridized carbons (Fsp3) is 0.308. The van der Waals surface area contributed by atoms with Gasteiger partial charge in [0.25, 0.3) is 5.56 Å². The lowest BCUT2D eigenvalue weighted by atomic mass is 10.2. The van der Waals surface area contributed by atoms with Crippen molar-refractivity contribution in [2.24, 2.45) is 0 Å². The maximum atomic E-state index is 13.0. The molecule has 0 bridgehead atoms. The second-order valence-corrected chi connectivity index (χ2v) is 10.1. The van der Waals surface area contributed by atoms with E-state index in [0.29, 0.717) is 22.9 Å². The van der Waals surface area contributed by atoms with Gasteiger partial charge in [-0.15, -0.1) is 16.8 Å². The molecule has 8 nitrogen and oxygen atoms in total. The van der Waals surface area contributed by atoms with E-state index in [1.54, 1.807) is 16.7 Å². The Labute approximate surface area is 207 Å². The topological polar surface area (TPSA) is 84.5 Å². The van der Waals surface area contributed by atoms with Crippen LogP contribution in [0.2, 0.25) is 0 Å². The van der Waals surface area contributed by atoms with Gasteiger partial charge in [0.1, 0.15) is 0 Å². The maximum Gasteiger partial charge on any atom is 0.263 e. The van der Waals surface area contributed by atoms with Crippen molar-refractivity contribution in [2.75, 3.05) is 13.1 Å². The average molecular weight is 489 g/mol. The third-order valence-electron chi connectivity index (χ3n) is 6.31. The molecular weight excluding hydrogens is 460 g/mol. The number of fused-ring (bicyclic) bond motifs is 3. The highest BCUT2D eigenvalue weighted by Gasteiger charge is 2.27. The number of allylic oxidation sites excluding steroid dienone is 1. The molecule has 1 fully saturated rings. The second-order valence-electron chi connectivity index (χ2n) is 8.81. The molecule has 35 heavy (non-hydrogen) atoms. The molecular formula is C26H28N6O2S. The Morgan fingerprint density at radius 3 is 2.77 bits per heavy atom. The minimum Gasteiger partial charge on any atom is -0.351 e. The molecule has 2 atom stereocenters. The number of benzene rings is 2. The monoisotopic (exact) mass is 488 g/mol. The number of aromatic nitrogens is 4. The molecule has 3 heterocycles. The van der Waals surface area contributed by atoms with Crippen molar-refractivity contribution in [2.45, 2.75) is 42.9 Å². The van der Waals surface area contributed by atoms with Gasteiger partial charge in [-0.25, -0.2) is 0 Å². The Morgan fingerprint density at radius 1 is 1.20 bits per heavy atom. The lowest BCUT2D eigenvalue weighted by Gasteiger charge is -2.18. The Morgan fingerprint density at radius 2 is 1.97 bits per heavy atom. The number of hydrogen-bond acceptors (Lipinski definition) is 6. The van der Waals surface area contributed by atoms with E-state index in [2.05, 4.69) is 51.3 Å². The summed E-state index contributed by atoms with van der Waals surface area (Å²) in [4.78, 5) is 28.4. The molecule has 0 aliphatic carbocycles. The first-order chi connectivity index (χ1) is 17.0. The van der Waals surface area contributed by atoms with Gasteiger partial charge in [-0.1, -0.05) is 60.3 Å². The van der Waals surface area contributed by atoms with Gasteiger partial charge in [0, 0.05) is 32.2 Å². The van der Waals surface area contributed by atoms with E-state index in [1.165, 1.54) is 17.3 Å². The highest BCUT2D eigenvalue weighted by atomic mass is 32.2. The summed E-state index contributed by atoms with van der Waals surface area (Å²) in [5, 5.41) is 12.6. The van der Waals surface area contributed by atoms with Crippen LogP contribution in [0.25, 0.3) is 16.7 Å². The minimum absolute atomic E-state index is 0.0259.